The van der Waals surface area contributed by atoms with E-state index in [0.717, 1.165) is 19.6 Å². The van der Waals surface area contributed by atoms with Gasteiger partial charge in [0.2, 0.25) is 5.91 Å². The molecule has 148 valence electrons. The molecule has 0 radical (unpaired) electrons. The van der Waals surface area contributed by atoms with Gasteiger partial charge in [-0.1, -0.05) is 44.2 Å². The molecule has 0 aliphatic carbocycles. The highest BCUT2D eigenvalue weighted by atomic mass is 16.5. The lowest BCUT2D eigenvalue weighted by atomic mass is 9.93. The molecule has 2 fully saturated rings. The number of carbonyl (C=O) groups excluding carboxylic acids is 1. The number of benzene rings is 1. The highest BCUT2D eigenvalue weighted by molar-refractivity contribution is 5.86. The van der Waals surface area contributed by atoms with Crippen LogP contribution in [0.4, 0.5) is 0 Å². The number of hydrogen-bond acceptors (Lipinski definition) is 4. The van der Waals surface area contributed by atoms with Crippen molar-refractivity contribution < 1.29 is 19.4 Å². The van der Waals surface area contributed by atoms with Crippen molar-refractivity contribution in [2.75, 3.05) is 19.7 Å². The van der Waals surface area contributed by atoms with Crippen LogP contribution in [0.1, 0.15) is 45.1 Å². The molecule has 2 saturated heterocycles. The SMILES string of the molecule is CCC(CC)C(=O)N1C(C(=O)O)COC12CCN(Cc1ccccc1)CC2. The largest absolute Gasteiger partial charge is 0.480 e. The molecule has 3 rings (SSSR count). The van der Waals surface area contributed by atoms with Crippen molar-refractivity contribution in [1.82, 2.24) is 9.80 Å². The van der Waals surface area contributed by atoms with E-state index in [2.05, 4.69) is 17.0 Å². The van der Waals surface area contributed by atoms with Gasteiger partial charge in [-0.15, -0.1) is 0 Å². The Hall–Kier alpha value is -1.92. The standard InChI is InChI=1S/C21H30N2O4/c1-3-17(4-2)19(24)23-18(20(25)26)15-27-21(23)10-12-22(13-11-21)14-16-8-6-5-7-9-16/h5-9,17-18H,3-4,10-15H2,1-2H3,(H,25,26). The first-order chi connectivity index (χ1) is 13.0. The molecule has 1 aromatic carbocycles. The second-order valence-electron chi connectivity index (χ2n) is 7.59. The third-order valence-electron chi connectivity index (χ3n) is 6.00. The maximum Gasteiger partial charge on any atom is 0.328 e. The lowest BCUT2D eigenvalue weighted by molar-refractivity contribution is -0.169. The molecular weight excluding hydrogens is 344 g/mol. The van der Waals surface area contributed by atoms with Crippen molar-refractivity contribution in [2.24, 2.45) is 5.92 Å². The number of amides is 1. The predicted molar refractivity (Wildman–Crippen MR) is 102 cm³/mol. The summed E-state index contributed by atoms with van der Waals surface area (Å²) in [6.07, 6.45) is 2.73. The van der Waals surface area contributed by atoms with Gasteiger partial charge in [-0.2, -0.15) is 0 Å². The van der Waals surface area contributed by atoms with Crippen LogP contribution in [0.3, 0.4) is 0 Å². The van der Waals surface area contributed by atoms with Crippen LogP contribution in [0, 0.1) is 5.92 Å². The second kappa shape index (κ2) is 8.40. The number of rotatable bonds is 6. The van der Waals surface area contributed by atoms with Crippen LogP contribution in [-0.4, -0.2) is 58.2 Å². The average Bonchev–Trinajstić information content (AvgIpc) is 3.04. The van der Waals surface area contributed by atoms with Crippen molar-refractivity contribution in [3.8, 4) is 0 Å². The Kier molecular flexibility index (Phi) is 6.17. The van der Waals surface area contributed by atoms with Crippen molar-refractivity contribution in [1.29, 1.82) is 0 Å². The summed E-state index contributed by atoms with van der Waals surface area (Å²) in [6.45, 7) is 6.48. The third-order valence-corrected chi connectivity index (χ3v) is 6.00. The van der Waals surface area contributed by atoms with Crippen molar-refractivity contribution >= 4 is 11.9 Å². The fourth-order valence-electron chi connectivity index (χ4n) is 4.32. The number of carbonyl (C=O) groups is 2. The number of carboxylic acids is 1. The minimum Gasteiger partial charge on any atom is -0.480 e. The summed E-state index contributed by atoms with van der Waals surface area (Å²) in [6, 6.07) is 9.43. The van der Waals surface area contributed by atoms with Crippen LogP contribution in [-0.2, 0) is 20.9 Å². The van der Waals surface area contributed by atoms with E-state index in [4.69, 9.17) is 4.74 Å². The lowest BCUT2D eigenvalue weighted by Gasteiger charge is -2.45. The zero-order valence-corrected chi connectivity index (χ0v) is 16.3. The molecule has 0 bridgehead atoms. The molecule has 1 aromatic rings. The summed E-state index contributed by atoms with van der Waals surface area (Å²) in [5.74, 6) is -1.19. The maximum absolute atomic E-state index is 13.1. The molecule has 27 heavy (non-hydrogen) atoms. The van der Waals surface area contributed by atoms with E-state index in [1.807, 2.05) is 32.0 Å². The number of carboxylic acid groups (broad SMARTS) is 1. The number of likely N-dealkylation sites (tertiary alicyclic amines) is 1. The topological polar surface area (TPSA) is 70.1 Å². The normalized spacial score (nSPS) is 22.5. The molecule has 2 heterocycles. The maximum atomic E-state index is 13.1. The van der Waals surface area contributed by atoms with Crippen LogP contribution >= 0.6 is 0 Å². The van der Waals surface area contributed by atoms with Gasteiger partial charge in [0.15, 0.2) is 6.04 Å². The van der Waals surface area contributed by atoms with E-state index in [-0.39, 0.29) is 18.4 Å². The van der Waals surface area contributed by atoms with E-state index in [9.17, 15) is 14.7 Å². The Balaban J connectivity index is 1.73. The van der Waals surface area contributed by atoms with Gasteiger partial charge < -0.3 is 9.84 Å². The monoisotopic (exact) mass is 374 g/mol. The summed E-state index contributed by atoms with van der Waals surface area (Å²) in [4.78, 5) is 28.8. The molecule has 2 aliphatic rings. The number of aliphatic carboxylic acids is 1. The zero-order chi connectivity index (χ0) is 19.4. The van der Waals surface area contributed by atoms with Gasteiger partial charge in [-0.25, -0.2) is 4.79 Å². The molecule has 0 aromatic heterocycles. The van der Waals surface area contributed by atoms with Crippen LogP contribution in [0.2, 0.25) is 0 Å². The Morgan fingerprint density at radius 2 is 1.81 bits per heavy atom. The zero-order valence-electron chi connectivity index (χ0n) is 16.3. The highest BCUT2D eigenvalue weighted by Gasteiger charge is 2.54. The smallest absolute Gasteiger partial charge is 0.328 e. The molecule has 1 spiro atoms. The first-order valence-corrected chi connectivity index (χ1v) is 9.97. The van der Waals surface area contributed by atoms with Gasteiger partial charge in [-0.05, 0) is 18.4 Å². The Morgan fingerprint density at radius 1 is 1.19 bits per heavy atom. The minimum atomic E-state index is -0.974. The van der Waals surface area contributed by atoms with E-state index < -0.39 is 17.7 Å². The van der Waals surface area contributed by atoms with Crippen molar-refractivity contribution in [3.63, 3.8) is 0 Å². The molecule has 1 amide bonds. The Labute approximate surface area is 161 Å². The summed E-state index contributed by atoms with van der Waals surface area (Å²) in [5.41, 5.74) is 0.491. The molecule has 1 unspecified atom stereocenters. The van der Waals surface area contributed by atoms with Crippen LogP contribution < -0.4 is 0 Å². The van der Waals surface area contributed by atoms with Gasteiger partial charge >= 0.3 is 5.97 Å². The van der Waals surface area contributed by atoms with Gasteiger partial charge in [0.25, 0.3) is 0 Å². The number of piperidine rings is 1. The fraction of sp³-hybridized carbons (Fsp3) is 0.619. The predicted octanol–water partition coefficient (Wildman–Crippen LogP) is 2.73. The van der Waals surface area contributed by atoms with Gasteiger partial charge in [0.1, 0.15) is 5.72 Å². The molecule has 6 heteroatoms. The molecular formula is C21H30N2O4. The minimum absolute atomic E-state index is 0.0681. The van der Waals surface area contributed by atoms with Gasteiger partial charge in [0, 0.05) is 38.4 Å². The van der Waals surface area contributed by atoms with Crippen LogP contribution in [0.15, 0.2) is 30.3 Å². The highest BCUT2D eigenvalue weighted by Crippen LogP contribution is 2.39. The molecule has 2 aliphatic heterocycles. The van der Waals surface area contributed by atoms with Crippen LogP contribution in [0.5, 0.6) is 0 Å². The van der Waals surface area contributed by atoms with Gasteiger partial charge in [-0.3, -0.25) is 14.6 Å². The third kappa shape index (κ3) is 4.01. The first-order valence-electron chi connectivity index (χ1n) is 9.97. The number of hydrogen-bond donors (Lipinski definition) is 1. The Bertz CT molecular complexity index is 651. The number of nitrogens with zero attached hydrogens (tertiary/aromatic N) is 2. The first kappa shape index (κ1) is 19.8. The van der Waals surface area contributed by atoms with Crippen LogP contribution in [0.25, 0.3) is 0 Å². The summed E-state index contributed by atoms with van der Waals surface area (Å²) in [7, 11) is 0. The van der Waals surface area contributed by atoms with E-state index >= 15 is 0 Å². The van der Waals surface area contributed by atoms with E-state index in [1.54, 1.807) is 4.90 Å². The molecule has 1 atom stereocenters. The molecule has 1 N–H and O–H groups in total. The molecule has 0 saturated carbocycles. The van der Waals surface area contributed by atoms with Gasteiger partial charge in [0.05, 0.1) is 6.61 Å². The summed E-state index contributed by atoms with van der Waals surface area (Å²) in [5, 5.41) is 9.64. The van der Waals surface area contributed by atoms with E-state index in [0.29, 0.717) is 25.7 Å². The lowest BCUT2D eigenvalue weighted by Crippen LogP contribution is -2.59. The van der Waals surface area contributed by atoms with Crippen molar-refractivity contribution in [3.05, 3.63) is 35.9 Å². The average molecular weight is 374 g/mol. The summed E-state index contributed by atoms with van der Waals surface area (Å²) < 4.78 is 6.02. The number of ether oxygens (including phenoxy) is 1. The van der Waals surface area contributed by atoms with E-state index in [1.165, 1.54) is 5.56 Å². The fourth-order valence-corrected chi connectivity index (χ4v) is 4.32. The second-order valence-corrected chi connectivity index (χ2v) is 7.59. The molecule has 6 nitrogen and oxygen atoms in total. The quantitative estimate of drug-likeness (QED) is 0.829. The summed E-state index contributed by atoms with van der Waals surface area (Å²) >= 11 is 0. The van der Waals surface area contributed by atoms with Crippen molar-refractivity contribution in [2.45, 2.75) is 57.8 Å². The Morgan fingerprint density at radius 3 is 2.37 bits per heavy atom.